The van der Waals surface area contributed by atoms with Gasteiger partial charge in [0, 0.05) is 18.8 Å². The molecule has 94 valence electrons. The van der Waals surface area contributed by atoms with Crippen molar-refractivity contribution in [3.8, 4) is 5.88 Å². The van der Waals surface area contributed by atoms with Crippen LogP contribution in [-0.2, 0) is 18.0 Å². The molecule has 2 aromatic rings. The number of ether oxygens (including phenoxy) is 1. The van der Waals surface area contributed by atoms with E-state index in [1.165, 1.54) is 0 Å². The Balaban J connectivity index is 1.72. The predicted molar refractivity (Wildman–Crippen MR) is 68.9 cm³/mol. The van der Waals surface area contributed by atoms with Gasteiger partial charge in [0.2, 0.25) is 5.88 Å². The second-order valence-corrected chi connectivity index (χ2v) is 3.80. The molecule has 4 nitrogen and oxygen atoms in total. The molecule has 4 heteroatoms. The van der Waals surface area contributed by atoms with Crippen molar-refractivity contribution >= 4 is 0 Å². The third-order valence-electron chi connectivity index (χ3n) is 2.47. The Bertz CT molecular complexity index is 457. The van der Waals surface area contributed by atoms with Gasteiger partial charge in [0.15, 0.2) is 0 Å². The highest BCUT2D eigenvalue weighted by Gasteiger charge is 1.96. The maximum Gasteiger partial charge on any atom is 0.212 e. The van der Waals surface area contributed by atoms with E-state index in [0.29, 0.717) is 19.0 Å². The molecular formula is C14H16N2O2. The number of benzene rings is 1. The summed E-state index contributed by atoms with van der Waals surface area (Å²) in [4.78, 5) is 9.49. The standard InChI is InChI=1S/C14H16N2O2/c1-17-14-8-7-13(9-15-14)10-16-18-11-12-5-3-2-4-6-12/h2-9,16H,10-11H2,1H3. The summed E-state index contributed by atoms with van der Waals surface area (Å²) in [5.74, 6) is 0.615. The third-order valence-corrected chi connectivity index (χ3v) is 2.47. The number of methoxy groups -OCH3 is 1. The summed E-state index contributed by atoms with van der Waals surface area (Å²) in [7, 11) is 1.60. The number of rotatable bonds is 6. The largest absolute Gasteiger partial charge is 0.481 e. The molecular weight excluding hydrogens is 228 g/mol. The number of hydrogen-bond acceptors (Lipinski definition) is 4. The van der Waals surface area contributed by atoms with Crippen LogP contribution in [0.5, 0.6) is 5.88 Å². The lowest BCUT2D eigenvalue weighted by atomic mass is 10.2. The highest BCUT2D eigenvalue weighted by atomic mass is 16.6. The normalized spacial score (nSPS) is 10.3. The Kier molecular flexibility index (Phi) is 4.69. The summed E-state index contributed by atoms with van der Waals surface area (Å²) in [5, 5.41) is 0. The molecule has 0 saturated heterocycles. The topological polar surface area (TPSA) is 43.4 Å². The van der Waals surface area contributed by atoms with Crippen molar-refractivity contribution in [2.45, 2.75) is 13.2 Å². The van der Waals surface area contributed by atoms with Gasteiger partial charge < -0.3 is 4.74 Å². The van der Waals surface area contributed by atoms with Gasteiger partial charge in [-0.1, -0.05) is 36.4 Å². The average Bonchev–Trinajstić information content (AvgIpc) is 2.45. The molecule has 0 radical (unpaired) electrons. The van der Waals surface area contributed by atoms with Crippen LogP contribution in [0.2, 0.25) is 0 Å². The zero-order chi connectivity index (χ0) is 12.6. The van der Waals surface area contributed by atoms with Crippen molar-refractivity contribution in [2.75, 3.05) is 7.11 Å². The molecule has 0 unspecified atom stereocenters. The minimum absolute atomic E-state index is 0.546. The highest BCUT2D eigenvalue weighted by Crippen LogP contribution is 2.06. The Morgan fingerprint density at radius 2 is 1.89 bits per heavy atom. The van der Waals surface area contributed by atoms with Gasteiger partial charge >= 0.3 is 0 Å². The lowest BCUT2D eigenvalue weighted by Crippen LogP contribution is -2.14. The molecule has 0 saturated carbocycles. The summed E-state index contributed by atoms with van der Waals surface area (Å²) in [6.45, 7) is 1.16. The number of aromatic nitrogens is 1. The van der Waals surface area contributed by atoms with Crippen molar-refractivity contribution in [3.63, 3.8) is 0 Å². The zero-order valence-corrected chi connectivity index (χ0v) is 10.3. The number of hydrogen-bond donors (Lipinski definition) is 1. The highest BCUT2D eigenvalue weighted by molar-refractivity contribution is 5.17. The van der Waals surface area contributed by atoms with Crippen LogP contribution >= 0.6 is 0 Å². The van der Waals surface area contributed by atoms with E-state index in [-0.39, 0.29) is 0 Å². The van der Waals surface area contributed by atoms with Gasteiger partial charge in [0.05, 0.1) is 13.7 Å². The van der Waals surface area contributed by atoms with Crippen LogP contribution in [0.15, 0.2) is 48.7 Å². The zero-order valence-electron chi connectivity index (χ0n) is 10.3. The van der Waals surface area contributed by atoms with E-state index in [2.05, 4.69) is 10.5 Å². The molecule has 0 aliphatic rings. The summed E-state index contributed by atoms with van der Waals surface area (Å²) in [6, 6.07) is 13.8. The van der Waals surface area contributed by atoms with Crippen molar-refractivity contribution in [1.29, 1.82) is 0 Å². The summed E-state index contributed by atoms with van der Waals surface area (Å²) in [5.41, 5.74) is 5.09. The van der Waals surface area contributed by atoms with Crippen LogP contribution in [0.4, 0.5) is 0 Å². The maximum absolute atomic E-state index is 5.37. The first kappa shape index (κ1) is 12.5. The monoisotopic (exact) mass is 244 g/mol. The first-order valence-corrected chi connectivity index (χ1v) is 5.76. The molecule has 2 rings (SSSR count). The third kappa shape index (κ3) is 3.84. The van der Waals surface area contributed by atoms with E-state index >= 15 is 0 Å². The van der Waals surface area contributed by atoms with Gasteiger partial charge in [-0.2, -0.15) is 5.48 Å². The Morgan fingerprint density at radius 3 is 2.56 bits per heavy atom. The van der Waals surface area contributed by atoms with Crippen LogP contribution in [-0.4, -0.2) is 12.1 Å². The second kappa shape index (κ2) is 6.74. The first-order chi connectivity index (χ1) is 8.88. The molecule has 0 fully saturated rings. The van der Waals surface area contributed by atoms with E-state index in [0.717, 1.165) is 11.1 Å². The lowest BCUT2D eigenvalue weighted by molar-refractivity contribution is 0.0234. The fourth-order valence-electron chi connectivity index (χ4n) is 1.48. The van der Waals surface area contributed by atoms with Gasteiger partial charge in [0.25, 0.3) is 0 Å². The van der Waals surface area contributed by atoms with Crippen molar-refractivity contribution in [3.05, 3.63) is 59.8 Å². The molecule has 18 heavy (non-hydrogen) atoms. The quantitative estimate of drug-likeness (QED) is 0.625. The molecule has 1 aromatic heterocycles. The Hall–Kier alpha value is -1.91. The molecule has 0 aliphatic carbocycles. The maximum atomic E-state index is 5.37. The van der Waals surface area contributed by atoms with Crippen molar-refractivity contribution in [2.24, 2.45) is 0 Å². The van der Waals surface area contributed by atoms with Gasteiger partial charge in [-0.25, -0.2) is 4.98 Å². The number of pyridine rings is 1. The number of nitrogens with zero attached hydrogens (tertiary/aromatic N) is 1. The van der Waals surface area contributed by atoms with Crippen molar-refractivity contribution in [1.82, 2.24) is 10.5 Å². The van der Waals surface area contributed by atoms with Gasteiger partial charge in [-0.05, 0) is 11.1 Å². The van der Waals surface area contributed by atoms with Gasteiger partial charge in [-0.15, -0.1) is 0 Å². The van der Waals surface area contributed by atoms with Crippen molar-refractivity contribution < 1.29 is 9.57 Å². The summed E-state index contributed by atoms with van der Waals surface area (Å²) >= 11 is 0. The summed E-state index contributed by atoms with van der Waals surface area (Å²) in [6.07, 6.45) is 1.76. The van der Waals surface area contributed by atoms with Crippen LogP contribution in [0, 0.1) is 0 Å². The Labute approximate surface area is 107 Å². The van der Waals surface area contributed by atoms with E-state index in [9.17, 15) is 0 Å². The molecule has 1 aromatic carbocycles. The van der Waals surface area contributed by atoms with Crippen LogP contribution in [0.25, 0.3) is 0 Å². The molecule has 1 N–H and O–H groups in total. The van der Waals surface area contributed by atoms with Gasteiger partial charge in [-0.3, -0.25) is 4.84 Å². The number of hydroxylamine groups is 1. The number of nitrogens with one attached hydrogen (secondary N) is 1. The smallest absolute Gasteiger partial charge is 0.212 e. The fraction of sp³-hybridized carbons (Fsp3) is 0.214. The van der Waals surface area contributed by atoms with E-state index in [1.807, 2.05) is 42.5 Å². The first-order valence-electron chi connectivity index (χ1n) is 5.76. The van der Waals surface area contributed by atoms with Crippen LogP contribution in [0.1, 0.15) is 11.1 Å². The predicted octanol–water partition coefficient (Wildman–Crippen LogP) is 2.31. The second-order valence-electron chi connectivity index (χ2n) is 3.80. The minimum atomic E-state index is 0.546. The van der Waals surface area contributed by atoms with E-state index in [1.54, 1.807) is 13.3 Å². The van der Waals surface area contributed by atoms with E-state index in [4.69, 9.17) is 9.57 Å². The van der Waals surface area contributed by atoms with E-state index < -0.39 is 0 Å². The Morgan fingerprint density at radius 1 is 1.06 bits per heavy atom. The molecule has 0 spiro atoms. The van der Waals surface area contributed by atoms with Crippen LogP contribution < -0.4 is 10.2 Å². The fourth-order valence-corrected chi connectivity index (χ4v) is 1.48. The lowest BCUT2D eigenvalue weighted by Gasteiger charge is -2.06. The average molecular weight is 244 g/mol. The molecule has 0 amide bonds. The van der Waals surface area contributed by atoms with Crippen LogP contribution in [0.3, 0.4) is 0 Å². The SMILES string of the molecule is COc1ccc(CNOCc2ccccc2)cn1. The molecule has 0 atom stereocenters. The van der Waals surface area contributed by atoms with Gasteiger partial charge in [0.1, 0.15) is 0 Å². The molecule has 1 heterocycles. The summed E-state index contributed by atoms with van der Waals surface area (Å²) < 4.78 is 4.99. The minimum Gasteiger partial charge on any atom is -0.481 e. The molecule has 0 bridgehead atoms. The molecule has 0 aliphatic heterocycles.